The molecule has 1 saturated heterocycles. The highest BCUT2D eigenvalue weighted by Gasteiger charge is 2.20. The lowest BCUT2D eigenvalue weighted by Crippen LogP contribution is -2.49. The lowest BCUT2D eigenvalue weighted by atomic mass is 10.1. The highest BCUT2D eigenvalue weighted by Crippen LogP contribution is 2.22. The summed E-state index contributed by atoms with van der Waals surface area (Å²) in [7, 11) is 1.68. The van der Waals surface area contributed by atoms with E-state index in [1.54, 1.807) is 7.11 Å². The van der Waals surface area contributed by atoms with E-state index in [-0.39, 0.29) is 11.9 Å². The summed E-state index contributed by atoms with van der Waals surface area (Å²) in [5.41, 5.74) is 2.21. The Labute approximate surface area is 165 Å². The van der Waals surface area contributed by atoms with Gasteiger partial charge >= 0.3 is 0 Å². The van der Waals surface area contributed by atoms with Gasteiger partial charge in [-0.3, -0.25) is 9.69 Å². The summed E-state index contributed by atoms with van der Waals surface area (Å²) < 4.78 is 5.30. The molecular weight excluding hydrogens is 362 g/mol. The Kier molecular flexibility index (Phi) is 6.58. The van der Waals surface area contributed by atoms with Crippen LogP contribution < -0.4 is 15.0 Å². The van der Waals surface area contributed by atoms with Crippen molar-refractivity contribution in [2.75, 3.05) is 44.7 Å². The second-order valence-electron chi connectivity index (χ2n) is 6.81. The zero-order valence-corrected chi connectivity index (χ0v) is 16.6. The first kappa shape index (κ1) is 19.5. The van der Waals surface area contributed by atoms with Crippen molar-refractivity contribution in [2.45, 2.75) is 13.0 Å². The van der Waals surface area contributed by atoms with Crippen molar-refractivity contribution in [2.24, 2.45) is 0 Å². The van der Waals surface area contributed by atoms with E-state index in [0.29, 0.717) is 11.6 Å². The predicted octanol–water partition coefficient (Wildman–Crippen LogP) is 3.35. The molecule has 2 aromatic rings. The molecule has 27 heavy (non-hydrogen) atoms. The van der Waals surface area contributed by atoms with E-state index in [1.165, 1.54) is 0 Å². The minimum Gasteiger partial charge on any atom is -0.497 e. The molecule has 1 heterocycles. The molecule has 0 bridgehead atoms. The van der Waals surface area contributed by atoms with Crippen molar-refractivity contribution in [3.05, 3.63) is 59.1 Å². The van der Waals surface area contributed by atoms with Crippen molar-refractivity contribution in [1.82, 2.24) is 10.2 Å². The van der Waals surface area contributed by atoms with Gasteiger partial charge in [-0.25, -0.2) is 0 Å². The van der Waals surface area contributed by atoms with E-state index in [2.05, 4.69) is 27.2 Å². The first-order valence-electron chi connectivity index (χ1n) is 9.21. The van der Waals surface area contributed by atoms with Crippen LogP contribution in [0.15, 0.2) is 48.5 Å². The highest BCUT2D eigenvalue weighted by atomic mass is 35.5. The van der Waals surface area contributed by atoms with Crippen LogP contribution in [0.5, 0.6) is 5.75 Å². The average Bonchev–Trinajstić information content (AvgIpc) is 2.69. The maximum absolute atomic E-state index is 12.4. The summed E-state index contributed by atoms with van der Waals surface area (Å²) in [5, 5.41) is 3.77. The zero-order chi connectivity index (χ0) is 19.2. The van der Waals surface area contributed by atoms with Gasteiger partial charge in [-0.15, -0.1) is 0 Å². The minimum absolute atomic E-state index is 0.0344. The number of rotatable bonds is 6. The molecule has 2 aromatic carbocycles. The van der Waals surface area contributed by atoms with Gasteiger partial charge in [0.15, 0.2) is 0 Å². The van der Waals surface area contributed by atoms with Crippen LogP contribution in [0.25, 0.3) is 0 Å². The van der Waals surface area contributed by atoms with Crippen LogP contribution >= 0.6 is 11.6 Å². The van der Waals surface area contributed by atoms with Crippen LogP contribution in [0.4, 0.5) is 5.69 Å². The number of piperazine rings is 1. The molecule has 1 unspecified atom stereocenters. The summed E-state index contributed by atoms with van der Waals surface area (Å²) in [4.78, 5) is 16.9. The Morgan fingerprint density at radius 1 is 1.15 bits per heavy atom. The van der Waals surface area contributed by atoms with Crippen LogP contribution in [-0.2, 0) is 4.79 Å². The lowest BCUT2D eigenvalue weighted by molar-refractivity contribution is -0.123. The van der Waals surface area contributed by atoms with E-state index in [0.717, 1.165) is 43.2 Å². The molecule has 6 heteroatoms. The number of anilines is 1. The number of hydrogen-bond acceptors (Lipinski definition) is 4. The number of ether oxygens (including phenoxy) is 1. The standard InChI is InChI=1S/C21H26ClN3O2/c1-16(17-6-8-18(22)9-7-17)23-21(26)15-24-10-12-25(13-11-24)19-4-3-5-20(14-19)27-2/h3-9,14,16H,10-13,15H2,1-2H3,(H,23,26). The predicted molar refractivity (Wildman–Crippen MR) is 110 cm³/mol. The summed E-state index contributed by atoms with van der Waals surface area (Å²) in [6.45, 7) is 5.92. The fourth-order valence-electron chi connectivity index (χ4n) is 3.30. The molecule has 3 rings (SSSR count). The number of carbonyl (C=O) groups excluding carboxylic acids is 1. The van der Waals surface area contributed by atoms with Crippen LogP contribution in [-0.4, -0.2) is 50.6 Å². The van der Waals surface area contributed by atoms with Crippen molar-refractivity contribution in [1.29, 1.82) is 0 Å². The Morgan fingerprint density at radius 2 is 1.85 bits per heavy atom. The van der Waals surface area contributed by atoms with Crippen LogP contribution in [0.2, 0.25) is 5.02 Å². The van der Waals surface area contributed by atoms with Gasteiger partial charge in [-0.2, -0.15) is 0 Å². The van der Waals surface area contributed by atoms with Gasteiger partial charge in [0, 0.05) is 43.0 Å². The minimum atomic E-state index is -0.0344. The molecule has 1 fully saturated rings. The average molecular weight is 388 g/mol. The lowest BCUT2D eigenvalue weighted by Gasteiger charge is -2.36. The largest absolute Gasteiger partial charge is 0.497 e. The molecule has 0 saturated carbocycles. The SMILES string of the molecule is COc1cccc(N2CCN(CC(=O)NC(C)c3ccc(Cl)cc3)CC2)c1. The van der Waals surface area contributed by atoms with E-state index in [4.69, 9.17) is 16.3 Å². The molecule has 144 valence electrons. The van der Waals surface area contributed by atoms with Gasteiger partial charge in [-0.05, 0) is 36.8 Å². The summed E-state index contributed by atoms with van der Waals surface area (Å²) in [6, 6.07) is 15.6. The van der Waals surface area contributed by atoms with Crippen molar-refractivity contribution < 1.29 is 9.53 Å². The van der Waals surface area contributed by atoms with Gasteiger partial charge in [0.25, 0.3) is 0 Å². The third-order valence-corrected chi connectivity index (χ3v) is 5.16. The van der Waals surface area contributed by atoms with Crippen LogP contribution in [0, 0.1) is 0 Å². The number of methoxy groups -OCH3 is 1. The van der Waals surface area contributed by atoms with Gasteiger partial charge in [0.2, 0.25) is 5.91 Å². The number of benzene rings is 2. The van der Waals surface area contributed by atoms with Crippen LogP contribution in [0.3, 0.4) is 0 Å². The van der Waals surface area contributed by atoms with Gasteiger partial charge in [0.05, 0.1) is 19.7 Å². The van der Waals surface area contributed by atoms with Gasteiger partial charge in [0.1, 0.15) is 5.75 Å². The Hall–Kier alpha value is -2.24. The van der Waals surface area contributed by atoms with Crippen molar-refractivity contribution in [3.8, 4) is 5.75 Å². The van der Waals surface area contributed by atoms with Gasteiger partial charge < -0.3 is 15.0 Å². The fraction of sp³-hybridized carbons (Fsp3) is 0.381. The van der Waals surface area contributed by atoms with E-state index in [1.807, 2.05) is 43.3 Å². The number of halogens is 1. The Bertz CT molecular complexity index is 758. The number of hydrogen-bond donors (Lipinski definition) is 1. The number of nitrogens with one attached hydrogen (secondary N) is 1. The van der Waals surface area contributed by atoms with Gasteiger partial charge in [-0.1, -0.05) is 29.8 Å². The first-order chi connectivity index (χ1) is 13.0. The summed E-state index contributed by atoms with van der Waals surface area (Å²) >= 11 is 5.92. The molecule has 0 spiro atoms. The smallest absolute Gasteiger partial charge is 0.234 e. The maximum Gasteiger partial charge on any atom is 0.234 e. The van der Waals surface area contributed by atoms with Crippen molar-refractivity contribution in [3.63, 3.8) is 0 Å². The topological polar surface area (TPSA) is 44.8 Å². The van der Waals surface area contributed by atoms with E-state index < -0.39 is 0 Å². The Balaban J connectivity index is 1.47. The van der Waals surface area contributed by atoms with Crippen LogP contribution in [0.1, 0.15) is 18.5 Å². The number of amides is 1. The first-order valence-corrected chi connectivity index (χ1v) is 9.59. The number of nitrogens with zero attached hydrogens (tertiary/aromatic N) is 2. The van der Waals surface area contributed by atoms with E-state index >= 15 is 0 Å². The second-order valence-corrected chi connectivity index (χ2v) is 7.24. The quantitative estimate of drug-likeness (QED) is 0.825. The highest BCUT2D eigenvalue weighted by molar-refractivity contribution is 6.30. The second kappa shape index (κ2) is 9.11. The molecule has 1 N–H and O–H groups in total. The zero-order valence-electron chi connectivity index (χ0n) is 15.8. The molecule has 1 atom stereocenters. The fourth-order valence-corrected chi connectivity index (χ4v) is 3.42. The monoisotopic (exact) mass is 387 g/mol. The molecular formula is C21H26ClN3O2. The Morgan fingerprint density at radius 3 is 2.52 bits per heavy atom. The maximum atomic E-state index is 12.4. The molecule has 1 aliphatic heterocycles. The van der Waals surface area contributed by atoms with E-state index in [9.17, 15) is 4.79 Å². The molecule has 0 aliphatic carbocycles. The van der Waals surface area contributed by atoms with Crippen molar-refractivity contribution >= 4 is 23.2 Å². The molecule has 5 nitrogen and oxygen atoms in total. The summed E-state index contributed by atoms with van der Waals surface area (Å²) in [6.07, 6.45) is 0. The third-order valence-electron chi connectivity index (χ3n) is 4.91. The number of carbonyl (C=O) groups is 1. The molecule has 0 aromatic heterocycles. The third kappa shape index (κ3) is 5.37. The normalized spacial score (nSPS) is 16.0. The molecule has 1 aliphatic rings. The molecule has 1 amide bonds. The molecule has 0 radical (unpaired) electrons. The summed E-state index contributed by atoms with van der Waals surface area (Å²) in [5.74, 6) is 0.915.